The van der Waals surface area contributed by atoms with Gasteiger partial charge >= 0.3 is 0 Å². The Hall–Kier alpha value is -4.41. The van der Waals surface area contributed by atoms with Gasteiger partial charge in [-0.3, -0.25) is 0 Å². The molecule has 0 fully saturated rings. The fraction of sp³-hybridized carbons (Fsp3) is 0.143. The van der Waals surface area contributed by atoms with Crippen LogP contribution in [0.3, 0.4) is 0 Å². The van der Waals surface area contributed by atoms with Gasteiger partial charge < -0.3 is 14.4 Å². The third-order valence-corrected chi connectivity index (χ3v) is 9.45. The van der Waals surface area contributed by atoms with Crippen molar-refractivity contribution in [1.29, 1.82) is 0 Å². The average Bonchev–Trinajstić information content (AvgIpc) is 3.66. The predicted octanol–water partition coefficient (Wildman–Crippen LogP) is 11.9. The van der Waals surface area contributed by atoms with E-state index in [0.717, 1.165) is 44.5 Å². The number of furan rings is 1. The molecule has 8 aromatic rings. The zero-order valence-electron chi connectivity index (χ0n) is 27.0. The fourth-order valence-corrected chi connectivity index (χ4v) is 7.16. The van der Waals surface area contributed by atoms with E-state index in [2.05, 4.69) is 100 Å². The minimum Gasteiger partial charge on any atom is -0.500 e. The number of aromatic nitrogens is 2. The maximum Gasteiger partial charge on any atom is 0.129 e. The molecular formula is C42H34IrN2OS-2. The Bertz CT molecular complexity index is 2260. The second-order valence-electron chi connectivity index (χ2n) is 12.0. The molecule has 4 aromatic carbocycles. The maximum absolute atomic E-state index is 6.55. The van der Waals surface area contributed by atoms with Gasteiger partial charge in [-0.05, 0) is 78.5 Å². The first-order valence-corrected chi connectivity index (χ1v) is 16.4. The van der Waals surface area contributed by atoms with Crippen LogP contribution in [-0.4, -0.2) is 9.97 Å². The van der Waals surface area contributed by atoms with Crippen molar-refractivity contribution >= 4 is 43.4 Å². The third-order valence-electron chi connectivity index (χ3n) is 8.43. The number of benzene rings is 4. The standard InChI is InChI=1S/C31H26NOS.C11H8N.Ir/c1-17(2)24-15-27(32-16-26(24)29-18(3)8-6-9-19(29)4)23-11-7-10-21-22-12-13-28-25(14-20(5)34-28)31(22)33-30(21)23;1-2-6-10(7-3-1)11-8-4-5-9-12-11;/h6-10,12-17H,1-5H3;1-6,8-9H;/q2*-1;. The van der Waals surface area contributed by atoms with Crippen LogP contribution < -0.4 is 0 Å². The molecule has 0 amide bonds. The van der Waals surface area contributed by atoms with Crippen LogP contribution in [0, 0.1) is 32.9 Å². The summed E-state index contributed by atoms with van der Waals surface area (Å²) in [5.41, 5.74) is 12.0. The van der Waals surface area contributed by atoms with E-state index in [9.17, 15) is 0 Å². The molecule has 235 valence electrons. The van der Waals surface area contributed by atoms with Crippen molar-refractivity contribution < 1.29 is 24.5 Å². The van der Waals surface area contributed by atoms with E-state index in [1.54, 1.807) is 17.5 Å². The van der Waals surface area contributed by atoms with E-state index in [4.69, 9.17) is 9.40 Å². The molecule has 1 radical (unpaired) electrons. The predicted molar refractivity (Wildman–Crippen MR) is 193 cm³/mol. The molecule has 0 aliphatic rings. The van der Waals surface area contributed by atoms with E-state index in [0.29, 0.717) is 5.92 Å². The van der Waals surface area contributed by atoms with E-state index >= 15 is 0 Å². The molecule has 0 spiro atoms. The summed E-state index contributed by atoms with van der Waals surface area (Å²) in [7, 11) is 0. The van der Waals surface area contributed by atoms with Crippen molar-refractivity contribution in [3.05, 3.63) is 143 Å². The Morgan fingerprint density at radius 3 is 2.21 bits per heavy atom. The molecule has 5 heteroatoms. The summed E-state index contributed by atoms with van der Waals surface area (Å²) >= 11 is 1.80. The number of pyridine rings is 2. The molecule has 0 aliphatic carbocycles. The number of hydrogen-bond donors (Lipinski definition) is 0. The van der Waals surface area contributed by atoms with Crippen molar-refractivity contribution in [2.45, 2.75) is 40.5 Å². The van der Waals surface area contributed by atoms with Crippen LogP contribution in [0.2, 0.25) is 0 Å². The topological polar surface area (TPSA) is 38.9 Å². The molecular weight excluding hydrogens is 773 g/mol. The van der Waals surface area contributed by atoms with Gasteiger partial charge in [0.2, 0.25) is 0 Å². The van der Waals surface area contributed by atoms with Gasteiger partial charge in [0.25, 0.3) is 0 Å². The summed E-state index contributed by atoms with van der Waals surface area (Å²) in [6.45, 7) is 11.0. The van der Waals surface area contributed by atoms with Crippen molar-refractivity contribution in [3.63, 3.8) is 0 Å². The normalized spacial score (nSPS) is 11.1. The molecule has 0 bridgehead atoms. The molecule has 0 aliphatic heterocycles. The Morgan fingerprint density at radius 2 is 1.49 bits per heavy atom. The number of hydrogen-bond acceptors (Lipinski definition) is 4. The van der Waals surface area contributed by atoms with Crippen LogP contribution in [0.4, 0.5) is 0 Å². The van der Waals surface area contributed by atoms with Crippen LogP contribution in [0.5, 0.6) is 0 Å². The third kappa shape index (κ3) is 6.32. The molecule has 4 heterocycles. The van der Waals surface area contributed by atoms with E-state index in [-0.39, 0.29) is 20.1 Å². The number of nitrogens with zero attached hydrogens (tertiary/aromatic N) is 2. The summed E-state index contributed by atoms with van der Waals surface area (Å²) in [5.74, 6) is 0.360. The smallest absolute Gasteiger partial charge is 0.129 e. The molecule has 47 heavy (non-hydrogen) atoms. The van der Waals surface area contributed by atoms with Crippen molar-refractivity contribution in [2.75, 3.05) is 0 Å². The maximum atomic E-state index is 6.55. The molecule has 0 atom stereocenters. The molecule has 0 N–H and O–H groups in total. The first kappa shape index (κ1) is 32.5. The summed E-state index contributed by atoms with van der Waals surface area (Å²) in [5, 5.41) is 3.44. The van der Waals surface area contributed by atoms with E-state index in [1.165, 1.54) is 42.8 Å². The van der Waals surface area contributed by atoms with Gasteiger partial charge in [-0.1, -0.05) is 67.3 Å². The monoisotopic (exact) mass is 807 g/mol. The Kier molecular flexibility index (Phi) is 9.52. The molecule has 3 nitrogen and oxygen atoms in total. The minimum atomic E-state index is 0. The summed E-state index contributed by atoms with van der Waals surface area (Å²) in [6, 6.07) is 39.7. The quantitative estimate of drug-likeness (QED) is 0.166. The largest absolute Gasteiger partial charge is 0.500 e. The van der Waals surface area contributed by atoms with Gasteiger partial charge in [0.05, 0.1) is 5.58 Å². The van der Waals surface area contributed by atoms with Gasteiger partial charge in [-0.25, -0.2) is 0 Å². The number of aryl methyl sites for hydroxylation is 3. The minimum absolute atomic E-state index is 0. The second-order valence-corrected chi connectivity index (χ2v) is 13.3. The van der Waals surface area contributed by atoms with Gasteiger partial charge in [0.15, 0.2) is 0 Å². The second kappa shape index (κ2) is 13.8. The van der Waals surface area contributed by atoms with Crippen molar-refractivity contribution in [2.24, 2.45) is 0 Å². The summed E-state index contributed by atoms with van der Waals surface area (Å²) in [6.07, 6.45) is 3.83. The average molecular weight is 807 g/mol. The Balaban J connectivity index is 0.000000250. The summed E-state index contributed by atoms with van der Waals surface area (Å²) in [4.78, 5) is 10.5. The van der Waals surface area contributed by atoms with Gasteiger partial charge in [0.1, 0.15) is 5.58 Å². The van der Waals surface area contributed by atoms with Gasteiger partial charge in [-0.15, -0.1) is 65.4 Å². The zero-order valence-corrected chi connectivity index (χ0v) is 30.2. The zero-order chi connectivity index (χ0) is 31.8. The first-order valence-electron chi connectivity index (χ1n) is 15.6. The fourth-order valence-electron chi connectivity index (χ4n) is 6.24. The number of thiophene rings is 1. The number of rotatable bonds is 4. The van der Waals surface area contributed by atoms with Gasteiger partial charge in [-0.2, -0.15) is 0 Å². The first-order chi connectivity index (χ1) is 22.4. The van der Waals surface area contributed by atoms with Gasteiger partial charge in [0, 0.05) is 58.4 Å². The SMILES string of the molecule is Cc1cc2c(ccc3c4cc[c-]c(-c5cc(C(C)C)c(-c6c(C)cccc6C)cn5)c4oc23)s1.[Ir].[c-]1ccccc1-c1ccccn1. The molecule has 8 rings (SSSR count). The van der Waals surface area contributed by atoms with Crippen molar-refractivity contribution in [1.82, 2.24) is 9.97 Å². The van der Waals surface area contributed by atoms with Crippen molar-refractivity contribution in [3.8, 4) is 33.6 Å². The Morgan fingerprint density at radius 1 is 0.702 bits per heavy atom. The van der Waals surface area contributed by atoms with E-state index < -0.39 is 0 Å². The molecule has 4 aromatic heterocycles. The van der Waals surface area contributed by atoms with Crippen LogP contribution in [0.25, 0.3) is 65.7 Å². The number of fused-ring (bicyclic) bond motifs is 5. The van der Waals surface area contributed by atoms with Crippen LogP contribution in [-0.2, 0) is 20.1 Å². The molecule has 0 unspecified atom stereocenters. The van der Waals surface area contributed by atoms with Crippen LogP contribution in [0.15, 0.2) is 114 Å². The van der Waals surface area contributed by atoms with Crippen LogP contribution in [0.1, 0.15) is 41.3 Å². The van der Waals surface area contributed by atoms with E-state index in [1.807, 2.05) is 54.7 Å². The molecule has 0 saturated carbocycles. The summed E-state index contributed by atoms with van der Waals surface area (Å²) < 4.78 is 7.81. The van der Waals surface area contributed by atoms with Crippen LogP contribution >= 0.6 is 11.3 Å². The Labute approximate surface area is 293 Å². The molecule has 0 saturated heterocycles.